The SMILES string of the molecule is Cc1cc(CBr)c([N+](=O)[O-])cc1C(=O)O. The number of alkyl halides is 1. The van der Waals surface area contributed by atoms with Crippen LogP contribution in [0.2, 0.25) is 0 Å². The number of carboxylic acids is 1. The van der Waals surface area contributed by atoms with Gasteiger partial charge >= 0.3 is 5.97 Å². The summed E-state index contributed by atoms with van der Waals surface area (Å²) in [6, 6.07) is 2.60. The van der Waals surface area contributed by atoms with Gasteiger partial charge in [0, 0.05) is 17.0 Å². The normalized spacial score (nSPS) is 10.0. The van der Waals surface area contributed by atoms with Crippen LogP contribution in [0.5, 0.6) is 0 Å². The van der Waals surface area contributed by atoms with Gasteiger partial charge in [0.15, 0.2) is 0 Å². The molecule has 80 valence electrons. The van der Waals surface area contributed by atoms with Crippen molar-refractivity contribution in [2.45, 2.75) is 12.3 Å². The number of aromatic carboxylic acids is 1. The molecule has 0 saturated heterocycles. The number of nitrogens with zero attached hydrogens (tertiary/aromatic N) is 1. The molecule has 0 aromatic heterocycles. The van der Waals surface area contributed by atoms with Gasteiger partial charge < -0.3 is 5.11 Å². The third-order valence-corrected chi connectivity index (χ3v) is 2.60. The van der Waals surface area contributed by atoms with E-state index in [0.717, 1.165) is 6.07 Å². The van der Waals surface area contributed by atoms with Crippen molar-refractivity contribution in [1.82, 2.24) is 0 Å². The molecule has 0 aliphatic carbocycles. The highest BCUT2D eigenvalue weighted by atomic mass is 79.9. The number of carboxylic acid groups (broad SMARTS) is 1. The zero-order valence-corrected chi connectivity index (χ0v) is 9.44. The van der Waals surface area contributed by atoms with Gasteiger partial charge in [0.1, 0.15) is 0 Å². The molecule has 0 aliphatic rings. The van der Waals surface area contributed by atoms with Crippen molar-refractivity contribution in [2.24, 2.45) is 0 Å². The number of rotatable bonds is 3. The van der Waals surface area contributed by atoms with Gasteiger partial charge in [0.2, 0.25) is 0 Å². The van der Waals surface area contributed by atoms with Crippen molar-refractivity contribution < 1.29 is 14.8 Å². The van der Waals surface area contributed by atoms with Gasteiger partial charge in [0.05, 0.1) is 10.5 Å². The standard InChI is InChI=1S/C9H8BrNO4/c1-5-2-6(4-10)8(11(14)15)3-7(5)9(12)13/h2-3H,4H2,1H3,(H,12,13). The lowest BCUT2D eigenvalue weighted by Crippen LogP contribution is -2.03. The molecule has 0 amide bonds. The summed E-state index contributed by atoms with van der Waals surface area (Å²) in [5.41, 5.74) is 0.784. The molecule has 0 fully saturated rings. The Bertz CT molecular complexity index is 430. The molecular formula is C9H8BrNO4. The number of benzene rings is 1. The van der Waals surface area contributed by atoms with Crippen LogP contribution in [0.3, 0.4) is 0 Å². The molecule has 1 rings (SSSR count). The molecule has 1 aromatic carbocycles. The predicted molar refractivity (Wildman–Crippen MR) is 57.4 cm³/mol. The first-order valence-electron chi connectivity index (χ1n) is 4.04. The molecule has 1 aromatic rings. The minimum absolute atomic E-state index is 0.0357. The Morgan fingerprint density at radius 2 is 2.20 bits per heavy atom. The van der Waals surface area contributed by atoms with Gasteiger partial charge in [-0.1, -0.05) is 15.9 Å². The molecule has 0 aliphatic heterocycles. The molecule has 5 nitrogen and oxygen atoms in total. The number of hydrogen-bond acceptors (Lipinski definition) is 3. The first-order chi connectivity index (χ1) is 6.97. The second-order valence-corrected chi connectivity index (χ2v) is 3.55. The Morgan fingerprint density at radius 1 is 1.60 bits per heavy atom. The fourth-order valence-electron chi connectivity index (χ4n) is 1.26. The Hall–Kier alpha value is -1.43. The van der Waals surface area contributed by atoms with Gasteiger partial charge in [-0.15, -0.1) is 0 Å². The summed E-state index contributed by atoms with van der Waals surface area (Å²) in [6.45, 7) is 1.61. The Labute approximate surface area is 94.0 Å². The van der Waals surface area contributed by atoms with E-state index in [1.165, 1.54) is 6.07 Å². The Balaban J connectivity index is 3.43. The topological polar surface area (TPSA) is 80.4 Å². The number of nitro benzene ring substituents is 1. The smallest absolute Gasteiger partial charge is 0.336 e. The fourth-order valence-corrected chi connectivity index (χ4v) is 1.71. The number of aryl methyl sites for hydroxylation is 1. The average molecular weight is 274 g/mol. The van der Waals surface area contributed by atoms with Crippen molar-refractivity contribution in [1.29, 1.82) is 0 Å². The zero-order valence-electron chi connectivity index (χ0n) is 7.86. The number of carbonyl (C=O) groups is 1. The highest BCUT2D eigenvalue weighted by Gasteiger charge is 2.18. The quantitative estimate of drug-likeness (QED) is 0.521. The van der Waals surface area contributed by atoms with Gasteiger partial charge in [-0.05, 0) is 18.6 Å². The molecule has 1 N–H and O–H groups in total. The van der Waals surface area contributed by atoms with E-state index in [0.29, 0.717) is 16.5 Å². The third kappa shape index (κ3) is 2.33. The first kappa shape index (κ1) is 11.6. The van der Waals surface area contributed by atoms with E-state index in [2.05, 4.69) is 15.9 Å². The lowest BCUT2D eigenvalue weighted by molar-refractivity contribution is -0.385. The van der Waals surface area contributed by atoms with E-state index in [4.69, 9.17) is 5.11 Å². The highest BCUT2D eigenvalue weighted by molar-refractivity contribution is 9.08. The van der Waals surface area contributed by atoms with Crippen LogP contribution >= 0.6 is 15.9 Å². The van der Waals surface area contributed by atoms with E-state index in [-0.39, 0.29) is 11.3 Å². The second-order valence-electron chi connectivity index (χ2n) is 2.99. The number of hydrogen-bond donors (Lipinski definition) is 1. The summed E-state index contributed by atoms with van der Waals surface area (Å²) >= 11 is 3.12. The van der Waals surface area contributed by atoms with Crippen molar-refractivity contribution in [3.05, 3.63) is 38.9 Å². The van der Waals surface area contributed by atoms with Crippen molar-refractivity contribution in [3.8, 4) is 0 Å². The third-order valence-electron chi connectivity index (χ3n) is 2.00. The maximum atomic E-state index is 10.8. The molecule has 0 saturated carbocycles. The second kappa shape index (κ2) is 4.39. The fraction of sp³-hybridized carbons (Fsp3) is 0.222. The monoisotopic (exact) mass is 273 g/mol. The summed E-state index contributed by atoms with van der Waals surface area (Å²) in [4.78, 5) is 20.8. The lowest BCUT2D eigenvalue weighted by atomic mass is 10.0. The maximum Gasteiger partial charge on any atom is 0.336 e. The molecule has 15 heavy (non-hydrogen) atoms. The summed E-state index contributed by atoms with van der Waals surface area (Å²) < 4.78 is 0. The van der Waals surface area contributed by atoms with E-state index < -0.39 is 10.9 Å². The van der Waals surface area contributed by atoms with Crippen molar-refractivity contribution in [2.75, 3.05) is 0 Å². The van der Waals surface area contributed by atoms with Gasteiger partial charge in [-0.25, -0.2) is 4.79 Å². The van der Waals surface area contributed by atoms with Crippen LogP contribution in [0.1, 0.15) is 21.5 Å². The van der Waals surface area contributed by atoms with Crippen LogP contribution in [0.4, 0.5) is 5.69 Å². The Morgan fingerprint density at radius 3 is 2.60 bits per heavy atom. The van der Waals surface area contributed by atoms with Crippen LogP contribution in [0, 0.1) is 17.0 Å². The summed E-state index contributed by atoms with van der Waals surface area (Å²) in [5, 5.41) is 19.8. The summed E-state index contributed by atoms with van der Waals surface area (Å²) in [5.74, 6) is -1.16. The Kier molecular flexibility index (Phi) is 3.41. The average Bonchev–Trinajstić information content (AvgIpc) is 2.16. The molecule has 0 spiro atoms. The maximum absolute atomic E-state index is 10.8. The van der Waals surface area contributed by atoms with E-state index in [9.17, 15) is 14.9 Å². The molecule has 0 bridgehead atoms. The van der Waals surface area contributed by atoms with Crippen molar-refractivity contribution in [3.63, 3.8) is 0 Å². The van der Waals surface area contributed by atoms with Crippen LogP contribution in [-0.4, -0.2) is 16.0 Å². The number of nitro groups is 1. The van der Waals surface area contributed by atoms with E-state index in [1.54, 1.807) is 6.92 Å². The lowest BCUT2D eigenvalue weighted by Gasteiger charge is -2.04. The van der Waals surface area contributed by atoms with Crippen LogP contribution in [-0.2, 0) is 5.33 Å². The van der Waals surface area contributed by atoms with Gasteiger partial charge in [0.25, 0.3) is 5.69 Å². The summed E-state index contributed by atoms with van der Waals surface area (Å²) in [7, 11) is 0. The highest BCUT2D eigenvalue weighted by Crippen LogP contribution is 2.25. The zero-order chi connectivity index (χ0) is 11.6. The van der Waals surface area contributed by atoms with Crippen LogP contribution < -0.4 is 0 Å². The molecular weight excluding hydrogens is 266 g/mol. The van der Waals surface area contributed by atoms with Crippen LogP contribution in [0.25, 0.3) is 0 Å². The first-order valence-corrected chi connectivity index (χ1v) is 5.16. The van der Waals surface area contributed by atoms with Crippen LogP contribution in [0.15, 0.2) is 12.1 Å². The summed E-state index contributed by atoms with van der Waals surface area (Å²) in [6.07, 6.45) is 0. The van der Waals surface area contributed by atoms with Gasteiger partial charge in [-0.3, -0.25) is 10.1 Å². The van der Waals surface area contributed by atoms with Crippen molar-refractivity contribution >= 4 is 27.6 Å². The molecule has 6 heteroatoms. The minimum atomic E-state index is -1.16. The largest absolute Gasteiger partial charge is 0.478 e. The van der Waals surface area contributed by atoms with E-state index in [1.807, 2.05) is 0 Å². The minimum Gasteiger partial charge on any atom is -0.478 e. The molecule has 0 radical (unpaired) electrons. The number of halogens is 1. The molecule has 0 unspecified atom stereocenters. The van der Waals surface area contributed by atoms with Gasteiger partial charge in [-0.2, -0.15) is 0 Å². The molecule has 0 atom stereocenters. The van der Waals surface area contributed by atoms with E-state index >= 15 is 0 Å². The predicted octanol–water partition coefficient (Wildman–Crippen LogP) is 2.50. The molecule has 0 heterocycles.